The lowest BCUT2D eigenvalue weighted by Gasteiger charge is -2.16. The summed E-state index contributed by atoms with van der Waals surface area (Å²) in [5.41, 5.74) is 0.0144. The lowest BCUT2D eigenvalue weighted by molar-refractivity contribution is -0.387. The zero-order valence-electron chi connectivity index (χ0n) is 9.39. The van der Waals surface area contributed by atoms with E-state index in [0.29, 0.717) is 17.9 Å². The number of β-amino-alcohol motifs (C(OH)–C–C–N with tert-alkyl or cyclic N) is 1. The summed E-state index contributed by atoms with van der Waals surface area (Å²) in [6.07, 6.45) is -0.172. The SMILES string of the molecule is N#C[C@@H]1C[C@@H](O)CN1Sc1ccccc1[N+](=O)[O-]. The van der Waals surface area contributed by atoms with Gasteiger partial charge >= 0.3 is 0 Å². The van der Waals surface area contributed by atoms with Crippen LogP contribution in [0.3, 0.4) is 0 Å². The van der Waals surface area contributed by atoms with Crippen LogP contribution in [0.15, 0.2) is 29.2 Å². The van der Waals surface area contributed by atoms with Gasteiger partial charge in [0.05, 0.1) is 17.1 Å². The molecular formula is C11H11N3O3S. The van der Waals surface area contributed by atoms with E-state index in [0.717, 1.165) is 11.9 Å². The normalized spacial score (nSPS) is 23.8. The number of aliphatic hydroxyl groups is 1. The fourth-order valence-corrected chi connectivity index (χ4v) is 2.95. The topological polar surface area (TPSA) is 90.4 Å². The first-order valence-electron chi connectivity index (χ1n) is 5.37. The van der Waals surface area contributed by atoms with Crippen LogP contribution in [0.5, 0.6) is 0 Å². The first-order chi connectivity index (χ1) is 8.61. The summed E-state index contributed by atoms with van der Waals surface area (Å²) in [6, 6.07) is 8.06. The van der Waals surface area contributed by atoms with Crippen LogP contribution in [0.2, 0.25) is 0 Å². The van der Waals surface area contributed by atoms with Gasteiger partial charge in [-0.05, 0) is 18.0 Å². The molecule has 0 radical (unpaired) electrons. The van der Waals surface area contributed by atoms with Crippen LogP contribution in [-0.2, 0) is 0 Å². The number of benzene rings is 1. The second-order valence-corrected chi connectivity index (χ2v) is 5.04. The van der Waals surface area contributed by atoms with Gasteiger partial charge in [-0.25, -0.2) is 4.31 Å². The molecule has 0 spiro atoms. The number of aliphatic hydroxyl groups excluding tert-OH is 1. The third-order valence-corrected chi connectivity index (χ3v) is 3.84. The molecule has 1 aliphatic heterocycles. The van der Waals surface area contributed by atoms with Gasteiger partial charge in [-0.3, -0.25) is 10.1 Å². The molecule has 1 N–H and O–H groups in total. The Hall–Kier alpha value is -1.62. The number of nitro benzene ring substituents is 1. The molecule has 1 saturated heterocycles. The number of nitro groups is 1. The molecule has 1 aromatic carbocycles. The van der Waals surface area contributed by atoms with Gasteiger partial charge in [-0.2, -0.15) is 5.26 Å². The molecule has 7 heteroatoms. The Morgan fingerprint density at radius 3 is 2.94 bits per heavy atom. The van der Waals surface area contributed by atoms with E-state index < -0.39 is 17.1 Å². The Morgan fingerprint density at radius 2 is 2.28 bits per heavy atom. The summed E-state index contributed by atoms with van der Waals surface area (Å²) in [5, 5.41) is 29.3. The van der Waals surface area contributed by atoms with Gasteiger partial charge in [0.1, 0.15) is 10.9 Å². The number of nitriles is 1. The zero-order valence-corrected chi connectivity index (χ0v) is 10.2. The average molecular weight is 265 g/mol. The van der Waals surface area contributed by atoms with Crippen molar-refractivity contribution < 1.29 is 10.0 Å². The molecule has 1 fully saturated rings. The molecule has 1 aliphatic rings. The molecule has 0 amide bonds. The zero-order chi connectivity index (χ0) is 13.1. The van der Waals surface area contributed by atoms with Crippen molar-refractivity contribution in [2.45, 2.75) is 23.5 Å². The van der Waals surface area contributed by atoms with E-state index in [-0.39, 0.29) is 5.69 Å². The second-order valence-electron chi connectivity index (χ2n) is 3.95. The van der Waals surface area contributed by atoms with Gasteiger partial charge in [0, 0.05) is 19.0 Å². The van der Waals surface area contributed by atoms with E-state index in [1.807, 2.05) is 0 Å². The summed E-state index contributed by atoms with van der Waals surface area (Å²) >= 11 is 1.15. The van der Waals surface area contributed by atoms with E-state index in [4.69, 9.17) is 5.26 Å². The minimum absolute atomic E-state index is 0.0144. The van der Waals surface area contributed by atoms with Crippen LogP contribution >= 0.6 is 11.9 Å². The van der Waals surface area contributed by atoms with Gasteiger partial charge in [-0.1, -0.05) is 12.1 Å². The molecule has 1 aromatic rings. The van der Waals surface area contributed by atoms with Crippen molar-refractivity contribution in [1.82, 2.24) is 4.31 Å². The van der Waals surface area contributed by atoms with Crippen LogP contribution in [0.1, 0.15) is 6.42 Å². The molecule has 0 unspecified atom stereocenters. The molecule has 0 aromatic heterocycles. The fraction of sp³-hybridized carbons (Fsp3) is 0.364. The maximum Gasteiger partial charge on any atom is 0.284 e. The maximum atomic E-state index is 10.9. The monoisotopic (exact) mass is 265 g/mol. The first kappa shape index (κ1) is 12.8. The Morgan fingerprint density at radius 1 is 1.56 bits per heavy atom. The smallest absolute Gasteiger partial charge is 0.284 e. The second kappa shape index (κ2) is 5.35. The summed E-state index contributed by atoms with van der Waals surface area (Å²) in [4.78, 5) is 10.9. The molecule has 2 rings (SSSR count). The van der Waals surface area contributed by atoms with Crippen molar-refractivity contribution in [3.63, 3.8) is 0 Å². The lowest BCUT2D eigenvalue weighted by Crippen LogP contribution is -2.21. The highest BCUT2D eigenvalue weighted by Gasteiger charge is 2.33. The predicted molar refractivity (Wildman–Crippen MR) is 65.7 cm³/mol. The van der Waals surface area contributed by atoms with Crippen LogP contribution in [0.25, 0.3) is 0 Å². The van der Waals surface area contributed by atoms with Crippen molar-refractivity contribution in [1.29, 1.82) is 5.26 Å². The standard InChI is InChI=1S/C11H11N3O3S/c12-6-8-5-9(15)7-13(8)18-11-4-2-1-3-10(11)14(16)17/h1-4,8-9,15H,5,7H2/t8-,9+/m0/s1. The Bertz CT molecular complexity index is 503. The predicted octanol–water partition coefficient (Wildman–Crippen LogP) is 1.56. The van der Waals surface area contributed by atoms with Crippen molar-refractivity contribution in [2.75, 3.05) is 6.54 Å². The van der Waals surface area contributed by atoms with Crippen LogP contribution < -0.4 is 0 Å². The van der Waals surface area contributed by atoms with Crippen LogP contribution in [0.4, 0.5) is 5.69 Å². The first-order valence-corrected chi connectivity index (χ1v) is 6.15. The Kier molecular flexibility index (Phi) is 3.81. The van der Waals surface area contributed by atoms with Crippen molar-refractivity contribution in [2.24, 2.45) is 0 Å². The van der Waals surface area contributed by atoms with Crippen LogP contribution in [-0.4, -0.2) is 33.0 Å². The van der Waals surface area contributed by atoms with Crippen molar-refractivity contribution in [3.8, 4) is 6.07 Å². The Balaban J connectivity index is 2.19. The Labute approximate surface area is 108 Å². The molecule has 18 heavy (non-hydrogen) atoms. The van der Waals surface area contributed by atoms with Gasteiger partial charge < -0.3 is 5.11 Å². The van der Waals surface area contributed by atoms with Crippen molar-refractivity contribution in [3.05, 3.63) is 34.4 Å². The fourth-order valence-electron chi connectivity index (χ4n) is 1.81. The number of para-hydroxylation sites is 1. The van der Waals surface area contributed by atoms with Crippen molar-refractivity contribution >= 4 is 17.6 Å². The quantitative estimate of drug-likeness (QED) is 0.506. The van der Waals surface area contributed by atoms with E-state index in [9.17, 15) is 15.2 Å². The number of rotatable bonds is 3. The highest BCUT2D eigenvalue weighted by atomic mass is 32.2. The maximum absolute atomic E-state index is 10.9. The molecule has 0 bridgehead atoms. The minimum Gasteiger partial charge on any atom is -0.392 e. The van der Waals surface area contributed by atoms with E-state index in [1.165, 1.54) is 6.07 Å². The van der Waals surface area contributed by atoms with E-state index >= 15 is 0 Å². The highest BCUT2D eigenvalue weighted by Crippen LogP contribution is 2.35. The average Bonchev–Trinajstić information content (AvgIpc) is 2.70. The summed E-state index contributed by atoms with van der Waals surface area (Å²) in [6.45, 7) is 0.342. The summed E-state index contributed by atoms with van der Waals surface area (Å²) in [5.74, 6) is 0. The third kappa shape index (κ3) is 2.61. The van der Waals surface area contributed by atoms with Gasteiger partial charge in [0.15, 0.2) is 0 Å². The largest absolute Gasteiger partial charge is 0.392 e. The molecule has 1 heterocycles. The number of hydrogen-bond donors (Lipinski definition) is 1. The molecule has 94 valence electrons. The third-order valence-electron chi connectivity index (χ3n) is 2.66. The van der Waals surface area contributed by atoms with Gasteiger partial charge in [-0.15, -0.1) is 0 Å². The number of nitrogens with zero attached hydrogens (tertiary/aromatic N) is 3. The molecule has 0 saturated carbocycles. The van der Waals surface area contributed by atoms with Crippen LogP contribution in [0, 0.1) is 21.4 Å². The minimum atomic E-state index is -0.551. The lowest BCUT2D eigenvalue weighted by atomic mass is 10.2. The molecule has 0 aliphatic carbocycles. The molecule has 2 atom stereocenters. The molecule has 6 nitrogen and oxygen atoms in total. The molecular weight excluding hydrogens is 254 g/mol. The van der Waals surface area contributed by atoms with Gasteiger partial charge in [0.25, 0.3) is 5.69 Å². The van der Waals surface area contributed by atoms with Gasteiger partial charge in [0.2, 0.25) is 0 Å². The summed E-state index contributed by atoms with van der Waals surface area (Å²) < 4.78 is 1.69. The van der Waals surface area contributed by atoms with E-state index in [2.05, 4.69) is 6.07 Å². The highest BCUT2D eigenvalue weighted by molar-refractivity contribution is 7.97. The van der Waals surface area contributed by atoms with E-state index in [1.54, 1.807) is 22.5 Å². The summed E-state index contributed by atoms with van der Waals surface area (Å²) in [7, 11) is 0. The number of hydrogen-bond acceptors (Lipinski definition) is 6.